The van der Waals surface area contributed by atoms with Gasteiger partial charge in [-0.1, -0.05) is 5.92 Å². The molecule has 5 heteroatoms. The highest BCUT2D eigenvalue weighted by molar-refractivity contribution is 5.76. The maximum Gasteiger partial charge on any atom is 0.318 e. The summed E-state index contributed by atoms with van der Waals surface area (Å²) in [5.74, 6) is 1.46. The maximum atomic E-state index is 12.0. The van der Waals surface area contributed by atoms with Gasteiger partial charge in [0, 0.05) is 12.6 Å². The van der Waals surface area contributed by atoms with E-state index in [9.17, 15) is 9.59 Å². The van der Waals surface area contributed by atoms with Crippen molar-refractivity contribution >= 4 is 12.0 Å². The lowest BCUT2D eigenvalue weighted by molar-refractivity contribution is -0.141. The average molecular weight is 252 g/mol. The molecule has 100 valence electrons. The molecule has 0 aliphatic heterocycles. The second-order valence-electron chi connectivity index (χ2n) is 4.89. The summed E-state index contributed by atoms with van der Waals surface area (Å²) in [6.07, 6.45) is 7.51. The lowest BCUT2D eigenvalue weighted by Crippen LogP contribution is -2.48. The summed E-state index contributed by atoms with van der Waals surface area (Å²) in [6, 6.07) is -0.699. The van der Waals surface area contributed by atoms with Crippen LogP contribution in [0.4, 0.5) is 4.79 Å². The Hall–Kier alpha value is -1.70. The topological polar surface area (TPSA) is 69.6 Å². The fraction of sp³-hybridized carbons (Fsp3) is 0.692. The Bertz CT molecular complexity index is 358. The molecule has 0 heterocycles. The molecule has 1 saturated carbocycles. The summed E-state index contributed by atoms with van der Waals surface area (Å²) in [7, 11) is 0. The van der Waals surface area contributed by atoms with E-state index >= 15 is 0 Å². The number of carbonyl (C=O) groups is 2. The molecular formula is C13H20N2O3. The number of rotatable bonds is 6. The van der Waals surface area contributed by atoms with Gasteiger partial charge < -0.3 is 15.3 Å². The standard InChI is InChI=1S/C13H20N2O3/c1-4-7-15(8-11-5-6-11)13(18)14-10(3)9(2)12(16)17/h1,9-11H,5-8H2,2-3H3,(H,14,18)(H,16,17). The molecule has 0 aromatic carbocycles. The molecular weight excluding hydrogens is 232 g/mol. The number of aliphatic carboxylic acids is 1. The van der Waals surface area contributed by atoms with Crippen molar-refractivity contribution in [2.24, 2.45) is 11.8 Å². The molecule has 2 unspecified atom stereocenters. The van der Waals surface area contributed by atoms with E-state index in [2.05, 4.69) is 11.2 Å². The van der Waals surface area contributed by atoms with Crippen LogP contribution in [0.15, 0.2) is 0 Å². The highest BCUT2D eigenvalue weighted by Gasteiger charge is 2.28. The lowest BCUT2D eigenvalue weighted by Gasteiger charge is -2.25. The number of carbonyl (C=O) groups excluding carboxylic acids is 1. The first-order valence-corrected chi connectivity index (χ1v) is 6.17. The number of terminal acetylenes is 1. The zero-order valence-corrected chi connectivity index (χ0v) is 10.8. The van der Waals surface area contributed by atoms with Gasteiger partial charge in [0.1, 0.15) is 0 Å². The maximum absolute atomic E-state index is 12.0. The molecule has 1 fully saturated rings. The molecule has 2 atom stereocenters. The summed E-state index contributed by atoms with van der Waals surface area (Å²) < 4.78 is 0. The fourth-order valence-electron chi connectivity index (χ4n) is 1.57. The van der Waals surface area contributed by atoms with E-state index in [4.69, 9.17) is 11.5 Å². The van der Waals surface area contributed by atoms with Crippen LogP contribution in [0.25, 0.3) is 0 Å². The lowest BCUT2D eigenvalue weighted by atomic mass is 10.0. The predicted molar refractivity (Wildman–Crippen MR) is 67.9 cm³/mol. The monoisotopic (exact) mass is 252 g/mol. The van der Waals surface area contributed by atoms with E-state index in [1.54, 1.807) is 18.7 Å². The van der Waals surface area contributed by atoms with Gasteiger partial charge >= 0.3 is 12.0 Å². The van der Waals surface area contributed by atoms with Crippen molar-refractivity contribution in [2.75, 3.05) is 13.1 Å². The van der Waals surface area contributed by atoms with Crippen LogP contribution in [0.5, 0.6) is 0 Å². The first kappa shape index (κ1) is 14.4. The molecule has 0 aromatic heterocycles. The van der Waals surface area contributed by atoms with Gasteiger partial charge in [-0.15, -0.1) is 6.42 Å². The molecule has 0 radical (unpaired) electrons. The van der Waals surface area contributed by atoms with Gasteiger partial charge in [0.15, 0.2) is 0 Å². The van der Waals surface area contributed by atoms with E-state index in [1.165, 1.54) is 0 Å². The van der Waals surface area contributed by atoms with Crippen molar-refractivity contribution in [3.63, 3.8) is 0 Å². The van der Waals surface area contributed by atoms with Gasteiger partial charge in [-0.05, 0) is 32.6 Å². The minimum absolute atomic E-state index is 0.260. The number of carboxylic acid groups (broad SMARTS) is 1. The third-order valence-electron chi connectivity index (χ3n) is 3.24. The molecule has 2 amide bonds. The normalized spacial score (nSPS) is 17.4. The Kier molecular flexibility index (Phi) is 5.02. The van der Waals surface area contributed by atoms with E-state index in [0.717, 1.165) is 12.8 Å². The smallest absolute Gasteiger partial charge is 0.318 e. The Morgan fingerprint density at radius 2 is 2.11 bits per heavy atom. The summed E-state index contributed by atoms with van der Waals surface area (Å²) in [6.45, 7) is 4.17. The van der Waals surface area contributed by atoms with Crippen LogP contribution in [0, 0.1) is 24.2 Å². The van der Waals surface area contributed by atoms with Crippen LogP contribution in [-0.2, 0) is 4.79 Å². The number of amides is 2. The van der Waals surface area contributed by atoms with Crippen molar-refractivity contribution in [3.05, 3.63) is 0 Å². The quantitative estimate of drug-likeness (QED) is 0.697. The summed E-state index contributed by atoms with van der Waals surface area (Å²) >= 11 is 0. The highest BCUT2D eigenvalue weighted by atomic mass is 16.4. The molecule has 0 bridgehead atoms. The first-order valence-electron chi connectivity index (χ1n) is 6.17. The van der Waals surface area contributed by atoms with Crippen molar-refractivity contribution in [1.82, 2.24) is 10.2 Å². The number of nitrogens with zero attached hydrogens (tertiary/aromatic N) is 1. The summed E-state index contributed by atoms with van der Waals surface area (Å²) in [4.78, 5) is 24.3. The van der Waals surface area contributed by atoms with Crippen LogP contribution in [-0.4, -0.2) is 41.1 Å². The number of carboxylic acids is 1. The van der Waals surface area contributed by atoms with Crippen molar-refractivity contribution in [2.45, 2.75) is 32.7 Å². The van der Waals surface area contributed by atoms with Crippen LogP contribution < -0.4 is 5.32 Å². The second-order valence-corrected chi connectivity index (χ2v) is 4.89. The molecule has 18 heavy (non-hydrogen) atoms. The molecule has 0 spiro atoms. The third-order valence-corrected chi connectivity index (χ3v) is 3.24. The van der Waals surface area contributed by atoms with E-state index in [0.29, 0.717) is 12.5 Å². The van der Waals surface area contributed by atoms with Gasteiger partial charge in [0.05, 0.1) is 12.5 Å². The van der Waals surface area contributed by atoms with Crippen LogP contribution in [0.2, 0.25) is 0 Å². The molecule has 1 rings (SSSR count). The molecule has 5 nitrogen and oxygen atoms in total. The van der Waals surface area contributed by atoms with Crippen LogP contribution in [0.1, 0.15) is 26.7 Å². The average Bonchev–Trinajstić information content (AvgIpc) is 3.11. The second kappa shape index (κ2) is 6.29. The van der Waals surface area contributed by atoms with E-state index < -0.39 is 17.9 Å². The summed E-state index contributed by atoms with van der Waals surface area (Å²) in [5.41, 5.74) is 0. The van der Waals surface area contributed by atoms with Crippen molar-refractivity contribution in [1.29, 1.82) is 0 Å². The van der Waals surface area contributed by atoms with E-state index in [-0.39, 0.29) is 12.6 Å². The zero-order valence-electron chi connectivity index (χ0n) is 10.8. The van der Waals surface area contributed by atoms with Crippen LogP contribution >= 0.6 is 0 Å². The summed E-state index contributed by atoms with van der Waals surface area (Å²) in [5, 5.41) is 11.6. The zero-order chi connectivity index (χ0) is 13.7. The molecule has 0 aromatic rings. The molecule has 0 saturated heterocycles. The van der Waals surface area contributed by atoms with Crippen molar-refractivity contribution in [3.8, 4) is 12.3 Å². The largest absolute Gasteiger partial charge is 0.481 e. The van der Waals surface area contributed by atoms with Gasteiger partial charge in [-0.2, -0.15) is 0 Å². The Morgan fingerprint density at radius 1 is 1.50 bits per heavy atom. The van der Waals surface area contributed by atoms with Crippen molar-refractivity contribution < 1.29 is 14.7 Å². The van der Waals surface area contributed by atoms with Gasteiger partial charge in [-0.3, -0.25) is 4.79 Å². The molecule has 1 aliphatic carbocycles. The van der Waals surface area contributed by atoms with Crippen LogP contribution in [0.3, 0.4) is 0 Å². The first-order chi connectivity index (χ1) is 8.45. The number of nitrogens with one attached hydrogen (secondary N) is 1. The SMILES string of the molecule is C#CCN(CC1CC1)C(=O)NC(C)C(C)C(=O)O. The minimum Gasteiger partial charge on any atom is -0.481 e. The molecule has 2 N–H and O–H groups in total. The molecule has 1 aliphatic rings. The highest BCUT2D eigenvalue weighted by Crippen LogP contribution is 2.29. The number of urea groups is 1. The number of hydrogen-bond donors (Lipinski definition) is 2. The minimum atomic E-state index is -0.923. The predicted octanol–water partition coefficient (Wildman–Crippen LogP) is 1.15. The Morgan fingerprint density at radius 3 is 2.56 bits per heavy atom. The number of hydrogen-bond acceptors (Lipinski definition) is 2. The van der Waals surface area contributed by atoms with Gasteiger partial charge in [0.25, 0.3) is 0 Å². The Labute approximate surface area is 108 Å². The fourth-order valence-corrected chi connectivity index (χ4v) is 1.57. The van der Waals surface area contributed by atoms with E-state index in [1.807, 2.05) is 0 Å². The van der Waals surface area contributed by atoms with Gasteiger partial charge in [-0.25, -0.2) is 4.79 Å². The van der Waals surface area contributed by atoms with Gasteiger partial charge in [0.2, 0.25) is 0 Å². The third kappa shape index (κ3) is 4.28. The Balaban J connectivity index is 2.49.